The van der Waals surface area contributed by atoms with Crippen LogP contribution in [0.5, 0.6) is 0 Å². The number of rotatable bonds is 1. The molecule has 0 unspecified atom stereocenters. The molecule has 3 rings (SSSR count). The third-order valence-electron chi connectivity index (χ3n) is 3.02. The highest BCUT2D eigenvalue weighted by molar-refractivity contribution is 5.91. The van der Waals surface area contributed by atoms with Gasteiger partial charge < -0.3 is 0 Å². The smallest absolute Gasteiger partial charge is 0.265 e. The van der Waals surface area contributed by atoms with Crippen molar-refractivity contribution in [2.24, 2.45) is 0 Å². The first kappa shape index (κ1) is 14.2. The van der Waals surface area contributed by atoms with Crippen molar-refractivity contribution < 1.29 is 0 Å². The highest BCUT2D eigenvalue weighted by Gasteiger charge is 2.07. The van der Waals surface area contributed by atoms with Gasteiger partial charge in [0.1, 0.15) is 5.69 Å². The Morgan fingerprint density at radius 1 is 0.850 bits per heavy atom. The van der Waals surface area contributed by atoms with E-state index in [1.165, 1.54) is 0 Å². The van der Waals surface area contributed by atoms with E-state index >= 15 is 0 Å². The number of hydrogen-bond donors (Lipinski definition) is 0. The minimum Gasteiger partial charge on any atom is -0.265 e. The van der Waals surface area contributed by atoms with Gasteiger partial charge in [0.25, 0.3) is 5.56 Å². The van der Waals surface area contributed by atoms with Gasteiger partial charge in [0.15, 0.2) is 0 Å². The van der Waals surface area contributed by atoms with E-state index in [-0.39, 0.29) is 18.0 Å². The summed E-state index contributed by atoms with van der Waals surface area (Å²) in [6.45, 7) is 1.70. The molecule has 0 amide bonds. The molecule has 0 saturated heterocycles. The van der Waals surface area contributed by atoms with Crippen molar-refractivity contribution in [2.45, 2.75) is 6.92 Å². The lowest BCUT2D eigenvalue weighted by Gasteiger charge is -2.01. The summed E-state index contributed by atoms with van der Waals surface area (Å²) in [4.78, 5) is 20.4. The summed E-state index contributed by atoms with van der Waals surface area (Å²) in [5.41, 5.74) is 2.59. The van der Waals surface area contributed by atoms with Crippen molar-refractivity contribution in [1.82, 2.24) is 9.97 Å². The van der Waals surface area contributed by atoms with Gasteiger partial charge in [-0.25, -0.2) is 9.97 Å². The van der Waals surface area contributed by atoms with Crippen LogP contribution < -0.4 is 5.56 Å². The van der Waals surface area contributed by atoms with E-state index < -0.39 is 0 Å². The van der Waals surface area contributed by atoms with Crippen molar-refractivity contribution in [3.8, 4) is 11.3 Å². The minimum atomic E-state index is -0.279. The molecule has 1 aromatic heterocycles. The van der Waals surface area contributed by atoms with Gasteiger partial charge >= 0.3 is 0 Å². The van der Waals surface area contributed by atoms with Crippen LogP contribution in [0.3, 0.4) is 0 Å². The summed E-state index contributed by atoms with van der Waals surface area (Å²) in [5.74, 6) is 0. The second-order valence-corrected chi connectivity index (χ2v) is 4.35. The molecular weight excluding hydrogens is 272 g/mol. The average Bonchev–Trinajstić information content (AvgIpc) is 2.58. The van der Waals surface area contributed by atoms with Crippen LogP contribution in [-0.4, -0.2) is 9.97 Å². The molecule has 3 nitrogen and oxygen atoms in total. The van der Waals surface area contributed by atoms with Gasteiger partial charge in [-0.1, -0.05) is 48.5 Å². The third-order valence-corrected chi connectivity index (χ3v) is 3.02. The predicted octanol–water partition coefficient (Wildman–Crippen LogP) is 3.39. The van der Waals surface area contributed by atoms with E-state index in [1.54, 1.807) is 6.92 Å². The summed E-state index contributed by atoms with van der Waals surface area (Å²) in [5, 5.41) is 0.888. The van der Waals surface area contributed by atoms with Crippen molar-refractivity contribution in [2.75, 3.05) is 0 Å². The second kappa shape index (κ2) is 5.80. The molecule has 0 aliphatic carbocycles. The molecule has 0 radical (unpaired) electrons. The Morgan fingerprint density at radius 3 is 2.25 bits per heavy atom. The van der Waals surface area contributed by atoms with Crippen molar-refractivity contribution in [1.29, 1.82) is 0 Å². The van der Waals surface area contributed by atoms with E-state index in [0.29, 0.717) is 11.2 Å². The van der Waals surface area contributed by atoms with E-state index in [9.17, 15) is 4.79 Å². The maximum absolute atomic E-state index is 11.8. The predicted molar refractivity (Wildman–Crippen MR) is 83.2 cm³/mol. The highest BCUT2D eigenvalue weighted by atomic mass is 35.5. The quantitative estimate of drug-likeness (QED) is 0.688. The number of para-hydroxylation sites is 1. The number of halogens is 1. The molecule has 3 aromatic rings. The number of benzene rings is 2. The van der Waals surface area contributed by atoms with E-state index in [0.717, 1.165) is 16.6 Å². The van der Waals surface area contributed by atoms with Crippen molar-refractivity contribution >= 4 is 23.3 Å². The zero-order chi connectivity index (χ0) is 13.2. The van der Waals surface area contributed by atoms with Crippen molar-refractivity contribution in [3.63, 3.8) is 0 Å². The zero-order valence-corrected chi connectivity index (χ0v) is 11.7. The van der Waals surface area contributed by atoms with Crippen LogP contribution in [0.2, 0.25) is 0 Å². The molecule has 0 fully saturated rings. The first-order valence-electron chi connectivity index (χ1n) is 6.09. The second-order valence-electron chi connectivity index (χ2n) is 4.35. The molecule has 0 bridgehead atoms. The topological polar surface area (TPSA) is 42.9 Å². The SMILES string of the molecule is Cc1nc(-c2ccccc2)c2ccccc2nc1=O.Cl. The molecule has 0 saturated carbocycles. The van der Waals surface area contributed by atoms with Gasteiger partial charge in [0.2, 0.25) is 0 Å². The van der Waals surface area contributed by atoms with Gasteiger partial charge in [-0.2, -0.15) is 0 Å². The van der Waals surface area contributed by atoms with Crippen LogP contribution >= 0.6 is 12.4 Å². The standard InChI is InChI=1S/C16H12N2O.ClH/c1-11-16(19)18-14-10-6-5-9-13(14)15(17-11)12-7-3-2-4-8-12;/h2-10H,1H3;1H. The fraction of sp³-hybridized carbons (Fsp3) is 0.0625. The number of aromatic nitrogens is 2. The van der Waals surface area contributed by atoms with Gasteiger partial charge in [-0.05, 0) is 13.0 Å². The fourth-order valence-corrected chi connectivity index (χ4v) is 2.05. The summed E-state index contributed by atoms with van der Waals surface area (Å²) < 4.78 is 0. The lowest BCUT2D eigenvalue weighted by Crippen LogP contribution is -2.06. The lowest BCUT2D eigenvalue weighted by molar-refractivity contribution is 1.15. The molecule has 20 heavy (non-hydrogen) atoms. The molecule has 100 valence electrons. The van der Waals surface area contributed by atoms with E-state index in [2.05, 4.69) is 9.97 Å². The van der Waals surface area contributed by atoms with E-state index in [1.807, 2.05) is 54.6 Å². The van der Waals surface area contributed by atoms with Gasteiger partial charge in [0, 0.05) is 10.9 Å². The Hall–Kier alpha value is -2.26. The largest absolute Gasteiger partial charge is 0.291 e. The Bertz CT molecular complexity index is 804. The van der Waals surface area contributed by atoms with Crippen LogP contribution in [-0.2, 0) is 0 Å². The van der Waals surface area contributed by atoms with Crippen LogP contribution in [0.4, 0.5) is 0 Å². The highest BCUT2D eigenvalue weighted by Crippen LogP contribution is 2.23. The van der Waals surface area contributed by atoms with Gasteiger partial charge in [-0.15, -0.1) is 12.4 Å². The van der Waals surface area contributed by atoms with Crippen LogP contribution in [0.1, 0.15) is 5.69 Å². The Morgan fingerprint density at radius 2 is 1.50 bits per heavy atom. The Kier molecular flexibility index (Phi) is 4.11. The van der Waals surface area contributed by atoms with Crippen molar-refractivity contribution in [3.05, 3.63) is 70.6 Å². The maximum atomic E-state index is 11.8. The summed E-state index contributed by atoms with van der Waals surface area (Å²) in [7, 11) is 0. The normalized spacial score (nSPS) is 10.1. The first-order chi connectivity index (χ1) is 9.25. The molecule has 0 N–H and O–H groups in total. The minimum absolute atomic E-state index is 0. The summed E-state index contributed by atoms with van der Waals surface area (Å²) in [6, 6.07) is 17.4. The Labute approximate surface area is 122 Å². The number of hydrogen-bond acceptors (Lipinski definition) is 3. The van der Waals surface area contributed by atoms with Crippen LogP contribution in [0.25, 0.3) is 22.2 Å². The molecule has 0 aliphatic rings. The monoisotopic (exact) mass is 284 g/mol. The summed E-state index contributed by atoms with van der Waals surface area (Å²) in [6.07, 6.45) is 0. The molecule has 0 aliphatic heterocycles. The molecular formula is C16H13ClN2O. The fourth-order valence-electron chi connectivity index (χ4n) is 2.05. The zero-order valence-electron chi connectivity index (χ0n) is 10.9. The number of aryl methyl sites for hydroxylation is 1. The first-order valence-corrected chi connectivity index (χ1v) is 6.09. The average molecular weight is 285 g/mol. The Balaban J connectivity index is 0.00000147. The number of nitrogens with zero attached hydrogens (tertiary/aromatic N) is 2. The molecule has 4 heteroatoms. The van der Waals surface area contributed by atoms with E-state index in [4.69, 9.17) is 0 Å². The molecule has 2 aromatic carbocycles. The summed E-state index contributed by atoms with van der Waals surface area (Å²) >= 11 is 0. The van der Waals surface area contributed by atoms with Gasteiger partial charge in [-0.3, -0.25) is 4.79 Å². The molecule has 0 atom stereocenters. The third kappa shape index (κ3) is 2.53. The van der Waals surface area contributed by atoms with Gasteiger partial charge in [0.05, 0.1) is 11.2 Å². The molecule has 1 heterocycles. The lowest BCUT2D eigenvalue weighted by atomic mass is 10.1. The van der Waals surface area contributed by atoms with Crippen LogP contribution in [0, 0.1) is 6.92 Å². The number of fused-ring (bicyclic) bond motifs is 1. The van der Waals surface area contributed by atoms with Crippen LogP contribution in [0.15, 0.2) is 59.4 Å². The maximum Gasteiger partial charge on any atom is 0.291 e. The molecule has 0 spiro atoms.